The Morgan fingerprint density at radius 1 is 1.39 bits per heavy atom. The Labute approximate surface area is 109 Å². The van der Waals surface area contributed by atoms with Crippen LogP contribution in [0.4, 0.5) is 0 Å². The highest BCUT2D eigenvalue weighted by molar-refractivity contribution is 5.28. The van der Waals surface area contributed by atoms with Crippen molar-refractivity contribution in [1.29, 1.82) is 0 Å². The minimum Gasteiger partial charge on any atom is -0.469 e. The average Bonchev–Trinajstić information content (AvgIpc) is 2.89. The largest absolute Gasteiger partial charge is 0.469 e. The summed E-state index contributed by atoms with van der Waals surface area (Å²) < 4.78 is 5.54. The van der Waals surface area contributed by atoms with E-state index in [1.165, 1.54) is 32.1 Å². The van der Waals surface area contributed by atoms with Gasteiger partial charge < -0.3 is 9.52 Å². The van der Waals surface area contributed by atoms with Gasteiger partial charge in [-0.25, -0.2) is 0 Å². The average molecular weight is 248 g/mol. The third-order valence-electron chi connectivity index (χ3n) is 5.21. The van der Waals surface area contributed by atoms with Gasteiger partial charge in [-0.15, -0.1) is 0 Å². The summed E-state index contributed by atoms with van der Waals surface area (Å²) in [5, 5.41) is 11.2. The fourth-order valence-electron chi connectivity index (χ4n) is 4.09. The molecule has 0 amide bonds. The van der Waals surface area contributed by atoms with Crippen LogP contribution in [-0.2, 0) is 12.0 Å². The number of aryl methyl sites for hydroxylation is 1. The van der Waals surface area contributed by atoms with Gasteiger partial charge in [-0.2, -0.15) is 0 Å². The predicted molar refractivity (Wildman–Crippen MR) is 71.3 cm³/mol. The molecule has 2 heteroatoms. The summed E-state index contributed by atoms with van der Waals surface area (Å²) in [6.07, 6.45) is 11.0. The van der Waals surface area contributed by atoms with E-state index >= 15 is 0 Å². The molecule has 3 atom stereocenters. The van der Waals surface area contributed by atoms with Crippen LogP contribution in [0.25, 0.3) is 0 Å². The van der Waals surface area contributed by atoms with Crippen molar-refractivity contribution < 1.29 is 9.52 Å². The molecule has 2 aliphatic rings. The SMILES string of the molecule is CCC1CCCC(C2(O)CCCc3occc32)C1. The first-order chi connectivity index (χ1) is 8.74. The molecule has 2 nitrogen and oxygen atoms in total. The van der Waals surface area contributed by atoms with Gasteiger partial charge in [-0.3, -0.25) is 0 Å². The molecule has 2 aliphatic carbocycles. The van der Waals surface area contributed by atoms with E-state index in [0.717, 1.165) is 36.5 Å². The number of fused-ring (bicyclic) bond motifs is 1. The third-order valence-corrected chi connectivity index (χ3v) is 5.21. The van der Waals surface area contributed by atoms with E-state index in [2.05, 4.69) is 6.92 Å². The van der Waals surface area contributed by atoms with Crippen LogP contribution in [0.15, 0.2) is 16.7 Å². The van der Waals surface area contributed by atoms with Gasteiger partial charge in [0.1, 0.15) is 5.76 Å². The van der Waals surface area contributed by atoms with Crippen LogP contribution in [0.1, 0.15) is 63.2 Å². The highest BCUT2D eigenvalue weighted by Crippen LogP contribution is 2.48. The van der Waals surface area contributed by atoms with Gasteiger partial charge >= 0.3 is 0 Å². The third kappa shape index (κ3) is 1.91. The molecule has 3 unspecified atom stereocenters. The van der Waals surface area contributed by atoms with E-state index in [1.54, 1.807) is 6.26 Å². The molecule has 1 aromatic rings. The molecule has 1 saturated carbocycles. The Kier molecular flexibility index (Phi) is 3.23. The molecule has 0 radical (unpaired) electrons. The van der Waals surface area contributed by atoms with Crippen LogP contribution < -0.4 is 0 Å². The van der Waals surface area contributed by atoms with E-state index < -0.39 is 5.60 Å². The van der Waals surface area contributed by atoms with Crippen LogP contribution in [0.2, 0.25) is 0 Å². The molecule has 1 aromatic heterocycles. The lowest BCUT2D eigenvalue weighted by Gasteiger charge is -2.42. The lowest BCUT2D eigenvalue weighted by atomic mass is 9.66. The zero-order chi connectivity index (χ0) is 12.6. The van der Waals surface area contributed by atoms with Crippen molar-refractivity contribution in [2.45, 2.75) is 63.9 Å². The molecule has 0 saturated heterocycles. The molecule has 0 aliphatic heterocycles. The summed E-state index contributed by atoms with van der Waals surface area (Å²) in [6, 6.07) is 2.00. The Bertz CT molecular complexity index is 409. The summed E-state index contributed by atoms with van der Waals surface area (Å²) >= 11 is 0. The smallest absolute Gasteiger partial charge is 0.109 e. The normalized spacial score (nSPS) is 36.3. The summed E-state index contributed by atoms with van der Waals surface area (Å²) in [5.41, 5.74) is 0.490. The monoisotopic (exact) mass is 248 g/mol. The lowest BCUT2D eigenvalue weighted by molar-refractivity contribution is -0.0620. The maximum atomic E-state index is 11.2. The fourth-order valence-corrected chi connectivity index (χ4v) is 4.09. The van der Waals surface area contributed by atoms with Gasteiger partial charge in [0, 0.05) is 12.0 Å². The molecule has 0 bridgehead atoms. The number of hydrogen-bond acceptors (Lipinski definition) is 2. The minimum absolute atomic E-state index is 0.438. The maximum absolute atomic E-state index is 11.2. The summed E-state index contributed by atoms with van der Waals surface area (Å²) in [5.74, 6) is 2.28. The quantitative estimate of drug-likeness (QED) is 0.857. The van der Waals surface area contributed by atoms with E-state index in [4.69, 9.17) is 4.42 Å². The summed E-state index contributed by atoms with van der Waals surface area (Å²) in [4.78, 5) is 0. The molecular weight excluding hydrogens is 224 g/mol. The van der Waals surface area contributed by atoms with Crippen LogP contribution in [-0.4, -0.2) is 5.11 Å². The first-order valence-electron chi connectivity index (χ1n) is 7.53. The Hall–Kier alpha value is -0.760. The summed E-state index contributed by atoms with van der Waals surface area (Å²) in [6.45, 7) is 2.28. The van der Waals surface area contributed by atoms with Crippen molar-refractivity contribution in [3.05, 3.63) is 23.7 Å². The van der Waals surface area contributed by atoms with Crippen molar-refractivity contribution in [2.24, 2.45) is 11.8 Å². The number of rotatable bonds is 2. The first kappa shape index (κ1) is 12.3. The molecule has 100 valence electrons. The van der Waals surface area contributed by atoms with Gasteiger partial charge in [-0.05, 0) is 43.6 Å². The predicted octanol–water partition coefficient (Wildman–Crippen LogP) is 4.02. The molecule has 1 N–H and O–H groups in total. The van der Waals surface area contributed by atoms with Crippen molar-refractivity contribution >= 4 is 0 Å². The minimum atomic E-state index is -0.603. The van der Waals surface area contributed by atoms with Gasteiger partial charge in [0.2, 0.25) is 0 Å². The standard InChI is InChI=1S/C16H24O2/c1-2-12-5-3-6-13(11-12)16(17)9-4-7-15-14(16)8-10-18-15/h8,10,12-13,17H,2-7,9,11H2,1H3. The second-order valence-corrected chi connectivity index (χ2v) is 6.17. The second kappa shape index (κ2) is 4.73. The lowest BCUT2D eigenvalue weighted by Crippen LogP contribution is -2.40. The number of furan rings is 1. The number of hydrogen-bond donors (Lipinski definition) is 1. The van der Waals surface area contributed by atoms with E-state index in [0.29, 0.717) is 5.92 Å². The van der Waals surface area contributed by atoms with E-state index in [1.807, 2.05) is 6.07 Å². The maximum Gasteiger partial charge on any atom is 0.109 e. The molecule has 1 fully saturated rings. The van der Waals surface area contributed by atoms with E-state index in [9.17, 15) is 5.11 Å². The summed E-state index contributed by atoms with van der Waals surface area (Å²) in [7, 11) is 0. The van der Waals surface area contributed by atoms with Gasteiger partial charge in [-0.1, -0.05) is 26.2 Å². The van der Waals surface area contributed by atoms with Gasteiger partial charge in [0.25, 0.3) is 0 Å². The van der Waals surface area contributed by atoms with Crippen molar-refractivity contribution in [3.63, 3.8) is 0 Å². The molecule has 3 rings (SSSR count). The highest BCUT2D eigenvalue weighted by Gasteiger charge is 2.44. The van der Waals surface area contributed by atoms with Gasteiger partial charge in [0.05, 0.1) is 11.9 Å². The van der Waals surface area contributed by atoms with Crippen LogP contribution >= 0.6 is 0 Å². The molecule has 0 aromatic carbocycles. The van der Waals surface area contributed by atoms with Crippen LogP contribution in [0.3, 0.4) is 0 Å². The topological polar surface area (TPSA) is 33.4 Å². The Morgan fingerprint density at radius 2 is 2.28 bits per heavy atom. The first-order valence-corrected chi connectivity index (χ1v) is 7.53. The van der Waals surface area contributed by atoms with Crippen LogP contribution in [0, 0.1) is 11.8 Å². The van der Waals surface area contributed by atoms with E-state index in [-0.39, 0.29) is 0 Å². The van der Waals surface area contributed by atoms with Crippen molar-refractivity contribution in [3.8, 4) is 0 Å². The fraction of sp³-hybridized carbons (Fsp3) is 0.750. The van der Waals surface area contributed by atoms with Gasteiger partial charge in [0.15, 0.2) is 0 Å². The molecule has 18 heavy (non-hydrogen) atoms. The zero-order valence-electron chi connectivity index (χ0n) is 11.3. The second-order valence-electron chi connectivity index (χ2n) is 6.17. The molecule has 1 heterocycles. The Morgan fingerprint density at radius 3 is 3.11 bits per heavy atom. The van der Waals surface area contributed by atoms with Crippen molar-refractivity contribution in [2.75, 3.05) is 0 Å². The molecular formula is C16H24O2. The van der Waals surface area contributed by atoms with Crippen LogP contribution in [0.5, 0.6) is 0 Å². The van der Waals surface area contributed by atoms with Crippen molar-refractivity contribution in [1.82, 2.24) is 0 Å². The zero-order valence-corrected chi connectivity index (χ0v) is 11.3. The number of aliphatic hydroxyl groups is 1. The molecule has 0 spiro atoms. The highest BCUT2D eigenvalue weighted by atomic mass is 16.3. The Balaban J connectivity index is 1.87.